The second kappa shape index (κ2) is 6.68. The number of para-hydroxylation sites is 1. The number of carbonyl (C=O) groups is 1. The molecule has 4 rings (SSSR count). The minimum Gasteiger partial charge on any atom is -0.343 e. The zero-order chi connectivity index (χ0) is 19.0. The van der Waals surface area contributed by atoms with Crippen molar-refractivity contribution in [1.82, 2.24) is 24.3 Å². The first-order valence-corrected chi connectivity index (χ1v) is 8.77. The Morgan fingerprint density at radius 1 is 1.26 bits per heavy atom. The maximum atomic E-state index is 12.8. The Bertz CT molecular complexity index is 1170. The van der Waals surface area contributed by atoms with Gasteiger partial charge in [-0.05, 0) is 30.0 Å². The second-order valence-electron chi connectivity index (χ2n) is 6.41. The Balaban J connectivity index is 1.69. The van der Waals surface area contributed by atoms with Gasteiger partial charge in [-0.1, -0.05) is 25.1 Å². The lowest BCUT2D eigenvalue weighted by molar-refractivity contribution is 0.0933. The second-order valence-corrected chi connectivity index (χ2v) is 6.41. The van der Waals surface area contributed by atoms with Crippen LogP contribution in [0.4, 0.5) is 0 Å². The van der Waals surface area contributed by atoms with Crippen LogP contribution in [-0.4, -0.2) is 24.8 Å². The van der Waals surface area contributed by atoms with Gasteiger partial charge in [0.1, 0.15) is 5.56 Å². The Hall–Kier alpha value is -3.48. The fourth-order valence-corrected chi connectivity index (χ4v) is 3.22. The number of pyridine rings is 1. The van der Waals surface area contributed by atoms with E-state index in [9.17, 15) is 9.59 Å². The summed E-state index contributed by atoms with van der Waals surface area (Å²) in [5.41, 5.74) is 1.30. The summed E-state index contributed by atoms with van der Waals surface area (Å²) in [5.74, 6) is 0.167. The van der Waals surface area contributed by atoms with Crippen LogP contribution >= 0.6 is 0 Å². The number of aryl methyl sites for hydroxylation is 1. The number of carbonyl (C=O) groups excluding carboxylic acids is 1. The van der Waals surface area contributed by atoms with E-state index >= 15 is 0 Å². The number of nitrogens with one attached hydrogen (secondary N) is 1. The number of fused-ring (bicyclic) bond motifs is 2. The molecule has 0 spiro atoms. The molecule has 0 unspecified atom stereocenters. The van der Waals surface area contributed by atoms with Crippen molar-refractivity contribution in [2.45, 2.75) is 19.4 Å². The van der Waals surface area contributed by atoms with Gasteiger partial charge in [-0.25, -0.2) is 9.97 Å². The molecule has 27 heavy (non-hydrogen) atoms. The lowest BCUT2D eigenvalue weighted by Crippen LogP contribution is -2.34. The van der Waals surface area contributed by atoms with Crippen molar-refractivity contribution in [3.05, 3.63) is 76.6 Å². The number of benzene rings is 1. The SMILES string of the molecule is CC[C@H](NC(=O)c1cc2ccccc2n(C)c1=O)c1cn2cccnc2n1. The predicted molar refractivity (Wildman–Crippen MR) is 103 cm³/mol. The molecule has 1 aromatic carbocycles. The average Bonchev–Trinajstić information content (AvgIpc) is 3.12. The summed E-state index contributed by atoms with van der Waals surface area (Å²) in [6.45, 7) is 1.96. The zero-order valence-corrected chi connectivity index (χ0v) is 15.1. The van der Waals surface area contributed by atoms with Crippen molar-refractivity contribution >= 4 is 22.6 Å². The number of amides is 1. The third kappa shape index (κ3) is 2.97. The van der Waals surface area contributed by atoms with Crippen molar-refractivity contribution in [1.29, 1.82) is 0 Å². The molecule has 0 aliphatic rings. The minimum atomic E-state index is -0.404. The fourth-order valence-electron chi connectivity index (χ4n) is 3.22. The molecule has 4 aromatic rings. The summed E-state index contributed by atoms with van der Waals surface area (Å²) in [7, 11) is 1.67. The molecule has 136 valence electrons. The fraction of sp³-hybridized carbons (Fsp3) is 0.200. The molecule has 7 heteroatoms. The van der Waals surface area contributed by atoms with Crippen LogP contribution in [-0.2, 0) is 7.05 Å². The molecular weight excluding hydrogens is 342 g/mol. The molecule has 0 aliphatic carbocycles. The Morgan fingerprint density at radius 3 is 2.85 bits per heavy atom. The molecule has 0 bridgehead atoms. The summed E-state index contributed by atoms with van der Waals surface area (Å²) in [5, 5.41) is 3.78. The Morgan fingerprint density at radius 2 is 2.07 bits per heavy atom. The molecule has 1 amide bonds. The Labute approximate surface area is 155 Å². The smallest absolute Gasteiger partial charge is 0.263 e. The Kier molecular flexibility index (Phi) is 4.19. The number of nitrogens with zero attached hydrogens (tertiary/aromatic N) is 4. The van der Waals surface area contributed by atoms with Gasteiger partial charge < -0.3 is 9.88 Å². The third-order valence-electron chi connectivity index (χ3n) is 4.70. The van der Waals surface area contributed by atoms with Crippen LogP contribution in [0.2, 0.25) is 0 Å². The van der Waals surface area contributed by atoms with Crippen LogP contribution < -0.4 is 10.9 Å². The topological polar surface area (TPSA) is 81.3 Å². The highest BCUT2D eigenvalue weighted by Crippen LogP contribution is 2.17. The van der Waals surface area contributed by atoms with Gasteiger partial charge in [-0.3, -0.25) is 14.0 Å². The average molecular weight is 361 g/mol. The van der Waals surface area contributed by atoms with Crippen molar-refractivity contribution in [3.63, 3.8) is 0 Å². The van der Waals surface area contributed by atoms with Crippen molar-refractivity contribution < 1.29 is 4.79 Å². The lowest BCUT2D eigenvalue weighted by atomic mass is 10.1. The van der Waals surface area contributed by atoms with Crippen molar-refractivity contribution in [2.24, 2.45) is 7.05 Å². The van der Waals surface area contributed by atoms with E-state index in [1.807, 2.05) is 49.6 Å². The first kappa shape index (κ1) is 17.0. The number of imidazole rings is 1. The highest BCUT2D eigenvalue weighted by atomic mass is 16.2. The van der Waals surface area contributed by atoms with Crippen molar-refractivity contribution in [2.75, 3.05) is 0 Å². The normalized spacial score (nSPS) is 12.4. The quantitative estimate of drug-likeness (QED) is 0.605. The molecular formula is C20H19N5O2. The van der Waals surface area contributed by atoms with E-state index in [2.05, 4.69) is 15.3 Å². The van der Waals surface area contributed by atoms with Crippen LogP contribution in [0.5, 0.6) is 0 Å². The summed E-state index contributed by atoms with van der Waals surface area (Å²) in [6, 6.07) is 10.6. The largest absolute Gasteiger partial charge is 0.343 e. The van der Waals surface area contributed by atoms with E-state index in [1.54, 1.807) is 23.7 Å². The molecule has 7 nitrogen and oxygen atoms in total. The van der Waals surface area contributed by atoms with Crippen LogP contribution in [0.3, 0.4) is 0 Å². The molecule has 0 saturated carbocycles. The monoisotopic (exact) mass is 361 g/mol. The van der Waals surface area contributed by atoms with Gasteiger partial charge in [-0.2, -0.15) is 0 Å². The highest BCUT2D eigenvalue weighted by Gasteiger charge is 2.20. The first-order chi connectivity index (χ1) is 13.1. The maximum Gasteiger partial charge on any atom is 0.263 e. The standard InChI is InChI=1S/C20H19N5O2/c1-3-15(16-12-25-10-6-9-21-20(25)23-16)22-18(26)14-11-13-7-4-5-8-17(13)24(2)19(14)27/h4-12,15H,3H2,1-2H3,(H,22,26)/t15-/m0/s1. The summed E-state index contributed by atoms with van der Waals surface area (Å²) in [4.78, 5) is 34.2. The molecule has 0 fully saturated rings. The number of hydrogen-bond acceptors (Lipinski definition) is 4. The first-order valence-electron chi connectivity index (χ1n) is 8.77. The molecule has 0 radical (unpaired) electrons. The predicted octanol–water partition coefficient (Wildman–Crippen LogP) is 2.46. The summed E-state index contributed by atoms with van der Waals surface area (Å²) >= 11 is 0. The van der Waals surface area contributed by atoms with E-state index in [4.69, 9.17) is 0 Å². The molecule has 0 saturated heterocycles. The van der Waals surface area contributed by atoms with E-state index in [-0.39, 0.29) is 17.2 Å². The molecule has 3 heterocycles. The summed E-state index contributed by atoms with van der Waals surface area (Å²) in [6.07, 6.45) is 6.01. The summed E-state index contributed by atoms with van der Waals surface area (Å²) < 4.78 is 3.30. The van der Waals surface area contributed by atoms with Crippen molar-refractivity contribution in [3.8, 4) is 0 Å². The van der Waals surface area contributed by atoms with Crippen LogP contribution in [0.15, 0.2) is 59.8 Å². The lowest BCUT2D eigenvalue weighted by Gasteiger charge is -2.15. The van der Waals surface area contributed by atoms with E-state index < -0.39 is 5.91 Å². The third-order valence-corrected chi connectivity index (χ3v) is 4.70. The van der Waals surface area contributed by atoms with Gasteiger partial charge in [0, 0.05) is 25.6 Å². The minimum absolute atomic E-state index is 0.122. The molecule has 0 aliphatic heterocycles. The zero-order valence-electron chi connectivity index (χ0n) is 15.1. The molecule has 3 aromatic heterocycles. The van der Waals surface area contributed by atoms with Crippen LogP contribution in [0.25, 0.3) is 16.7 Å². The van der Waals surface area contributed by atoms with Gasteiger partial charge in [0.05, 0.1) is 17.3 Å². The van der Waals surface area contributed by atoms with Gasteiger partial charge >= 0.3 is 0 Å². The van der Waals surface area contributed by atoms with Gasteiger partial charge in [0.2, 0.25) is 5.78 Å². The number of rotatable bonds is 4. The number of aromatic nitrogens is 4. The van der Waals surface area contributed by atoms with E-state index in [1.165, 1.54) is 4.57 Å². The van der Waals surface area contributed by atoms with Gasteiger partial charge in [0.15, 0.2) is 0 Å². The molecule has 1 atom stereocenters. The van der Waals surface area contributed by atoms with Gasteiger partial charge in [0.25, 0.3) is 11.5 Å². The van der Waals surface area contributed by atoms with Gasteiger partial charge in [-0.15, -0.1) is 0 Å². The number of hydrogen-bond donors (Lipinski definition) is 1. The van der Waals surface area contributed by atoms with E-state index in [0.717, 1.165) is 10.9 Å². The van der Waals surface area contributed by atoms with Crippen LogP contribution in [0.1, 0.15) is 35.4 Å². The molecule has 1 N–H and O–H groups in total. The van der Waals surface area contributed by atoms with Crippen LogP contribution in [0, 0.1) is 0 Å². The highest BCUT2D eigenvalue weighted by molar-refractivity contribution is 5.97. The maximum absolute atomic E-state index is 12.8. The van der Waals surface area contributed by atoms with E-state index in [0.29, 0.717) is 17.9 Å².